The molecule has 0 aliphatic rings. The van der Waals surface area contributed by atoms with Gasteiger partial charge in [0.15, 0.2) is 5.75 Å². The Morgan fingerprint density at radius 3 is 2.44 bits per heavy atom. The lowest BCUT2D eigenvalue weighted by Crippen LogP contribution is -2.01. The number of benzene rings is 2. The molecule has 0 amide bonds. The molecule has 0 bridgehead atoms. The summed E-state index contributed by atoms with van der Waals surface area (Å²) in [5.41, 5.74) is 1.03. The van der Waals surface area contributed by atoms with Crippen LogP contribution in [-0.4, -0.2) is 5.43 Å². The minimum absolute atomic E-state index is 0.322. The Hall–Kier alpha value is -1.51. The second-order valence-corrected chi connectivity index (χ2v) is 4.45. The molecular weight excluding hydrogens is 271 g/mol. The minimum atomic E-state index is -0.891. The van der Waals surface area contributed by atoms with E-state index in [1.54, 1.807) is 6.07 Å². The fourth-order valence-corrected chi connectivity index (χ4v) is 2.01. The smallest absolute Gasteiger partial charge is 0.409 e. The van der Waals surface area contributed by atoms with Gasteiger partial charge in [-0.3, -0.25) is 0 Å². The average molecular weight is 281 g/mol. The van der Waals surface area contributed by atoms with Crippen molar-refractivity contribution in [2.75, 3.05) is 0 Å². The summed E-state index contributed by atoms with van der Waals surface area (Å²) >= 11 is 11.2. The van der Waals surface area contributed by atoms with Crippen LogP contribution in [0, 0.1) is 0 Å². The molecule has 0 spiro atoms. The van der Waals surface area contributed by atoms with E-state index < -0.39 is 5.43 Å². The lowest BCUT2D eigenvalue weighted by atomic mass is 10.0. The molecule has 2 aromatic carbocycles. The standard InChI is InChI=1S/C14H10Cl2O2/c15-12-8-4-7-11(13(12)18-14(16)17)9-10-5-2-1-3-6-10/h1-8H,9H2. The molecule has 18 heavy (non-hydrogen) atoms. The van der Waals surface area contributed by atoms with Gasteiger partial charge in [-0.15, -0.1) is 0 Å². The molecule has 92 valence electrons. The predicted molar refractivity (Wildman–Crippen MR) is 72.6 cm³/mol. The molecule has 0 saturated heterocycles. The number of rotatable bonds is 3. The van der Waals surface area contributed by atoms with Gasteiger partial charge in [0.2, 0.25) is 0 Å². The lowest BCUT2D eigenvalue weighted by Gasteiger charge is -2.10. The highest BCUT2D eigenvalue weighted by atomic mass is 35.5. The largest absolute Gasteiger partial charge is 0.413 e. The van der Waals surface area contributed by atoms with E-state index in [1.807, 2.05) is 42.5 Å². The first-order valence-corrected chi connectivity index (χ1v) is 6.11. The topological polar surface area (TPSA) is 26.3 Å². The second kappa shape index (κ2) is 5.89. The molecule has 0 atom stereocenters. The molecule has 0 aromatic heterocycles. The summed E-state index contributed by atoms with van der Waals surface area (Å²) in [4.78, 5) is 10.9. The molecular formula is C14H10Cl2O2. The summed E-state index contributed by atoms with van der Waals surface area (Å²) in [5.74, 6) is 0.322. The number of ether oxygens (including phenoxy) is 1. The zero-order valence-electron chi connectivity index (χ0n) is 9.40. The highest BCUT2D eigenvalue weighted by Crippen LogP contribution is 2.30. The zero-order valence-corrected chi connectivity index (χ0v) is 10.9. The first-order chi connectivity index (χ1) is 8.66. The molecule has 0 aliphatic carbocycles. The van der Waals surface area contributed by atoms with Crippen molar-refractivity contribution >= 4 is 28.6 Å². The molecule has 0 aliphatic heterocycles. The van der Waals surface area contributed by atoms with Crippen molar-refractivity contribution in [1.82, 2.24) is 0 Å². The summed E-state index contributed by atoms with van der Waals surface area (Å²) in [7, 11) is 0. The predicted octanol–water partition coefficient (Wildman–Crippen LogP) is 4.67. The Balaban J connectivity index is 2.32. The van der Waals surface area contributed by atoms with Crippen molar-refractivity contribution in [3.05, 3.63) is 64.7 Å². The van der Waals surface area contributed by atoms with Gasteiger partial charge in [0.1, 0.15) is 0 Å². The van der Waals surface area contributed by atoms with E-state index in [-0.39, 0.29) is 0 Å². The van der Waals surface area contributed by atoms with Crippen LogP contribution in [0.4, 0.5) is 4.79 Å². The Morgan fingerprint density at radius 2 is 1.78 bits per heavy atom. The van der Waals surface area contributed by atoms with Gasteiger partial charge in [0.05, 0.1) is 5.02 Å². The molecule has 0 heterocycles. The van der Waals surface area contributed by atoms with Gasteiger partial charge in [-0.25, -0.2) is 4.79 Å². The van der Waals surface area contributed by atoms with E-state index >= 15 is 0 Å². The SMILES string of the molecule is O=C(Cl)Oc1c(Cl)cccc1Cc1ccccc1. The van der Waals surface area contributed by atoms with Crippen molar-refractivity contribution in [2.24, 2.45) is 0 Å². The fourth-order valence-electron chi connectivity index (χ4n) is 1.70. The third-order valence-corrected chi connectivity index (χ3v) is 2.84. The van der Waals surface area contributed by atoms with E-state index in [9.17, 15) is 4.79 Å². The first kappa shape index (κ1) is 12.9. The third kappa shape index (κ3) is 3.25. The van der Waals surface area contributed by atoms with Crippen molar-refractivity contribution < 1.29 is 9.53 Å². The van der Waals surface area contributed by atoms with Gasteiger partial charge >= 0.3 is 5.43 Å². The number of carbonyl (C=O) groups excluding carboxylic acids is 1. The van der Waals surface area contributed by atoms with E-state index in [1.165, 1.54) is 0 Å². The van der Waals surface area contributed by atoms with Crippen molar-refractivity contribution in [3.8, 4) is 5.75 Å². The van der Waals surface area contributed by atoms with E-state index in [0.717, 1.165) is 11.1 Å². The number of carbonyl (C=O) groups is 1. The van der Waals surface area contributed by atoms with Crippen molar-refractivity contribution in [2.45, 2.75) is 6.42 Å². The Kier molecular flexibility index (Phi) is 4.24. The third-order valence-electron chi connectivity index (χ3n) is 2.47. The molecule has 0 fully saturated rings. The van der Waals surface area contributed by atoms with Crippen molar-refractivity contribution in [1.29, 1.82) is 0 Å². The quantitative estimate of drug-likeness (QED) is 0.764. The lowest BCUT2D eigenvalue weighted by molar-refractivity contribution is 0.225. The molecule has 0 saturated carbocycles. The number of hydrogen-bond donors (Lipinski definition) is 0. The van der Waals surface area contributed by atoms with Crippen LogP contribution >= 0.6 is 23.2 Å². The Morgan fingerprint density at radius 1 is 1.06 bits per heavy atom. The summed E-state index contributed by atoms with van der Waals surface area (Å²) in [6.45, 7) is 0. The maximum atomic E-state index is 10.9. The Bertz CT molecular complexity index is 553. The first-order valence-electron chi connectivity index (χ1n) is 5.35. The molecule has 0 radical (unpaired) electrons. The van der Waals surface area contributed by atoms with Crippen LogP contribution < -0.4 is 4.74 Å². The zero-order chi connectivity index (χ0) is 13.0. The fraction of sp³-hybridized carbons (Fsp3) is 0.0714. The van der Waals surface area contributed by atoms with Crippen LogP contribution in [0.25, 0.3) is 0 Å². The normalized spacial score (nSPS) is 10.1. The van der Waals surface area contributed by atoms with Crippen LogP contribution in [0.1, 0.15) is 11.1 Å². The average Bonchev–Trinajstić information content (AvgIpc) is 2.34. The maximum Gasteiger partial charge on any atom is 0.409 e. The summed E-state index contributed by atoms with van der Waals surface area (Å²) in [6, 6.07) is 15.2. The van der Waals surface area contributed by atoms with E-state index in [4.69, 9.17) is 27.9 Å². The molecule has 0 unspecified atom stereocenters. The van der Waals surface area contributed by atoms with Gasteiger partial charge in [-0.1, -0.05) is 54.1 Å². The van der Waals surface area contributed by atoms with Gasteiger partial charge < -0.3 is 4.74 Å². The van der Waals surface area contributed by atoms with E-state index in [2.05, 4.69) is 0 Å². The molecule has 0 N–H and O–H groups in total. The molecule has 4 heteroatoms. The summed E-state index contributed by atoms with van der Waals surface area (Å²) < 4.78 is 4.94. The number of para-hydroxylation sites is 1. The monoisotopic (exact) mass is 280 g/mol. The number of halogens is 2. The highest BCUT2D eigenvalue weighted by molar-refractivity contribution is 6.61. The van der Waals surface area contributed by atoms with Crippen LogP contribution in [-0.2, 0) is 6.42 Å². The highest BCUT2D eigenvalue weighted by Gasteiger charge is 2.11. The summed E-state index contributed by atoms with van der Waals surface area (Å²) in [5, 5.41) is 0.373. The van der Waals surface area contributed by atoms with Crippen LogP contribution in [0.5, 0.6) is 5.75 Å². The van der Waals surface area contributed by atoms with Gasteiger partial charge in [-0.2, -0.15) is 0 Å². The van der Waals surface area contributed by atoms with Crippen LogP contribution in [0.15, 0.2) is 48.5 Å². The van der Waals surface area contributed by atoms with Gasteiger partial charge in [0.25, 0.3) is 0 Å². The molecule has 2 nitrogen and oxygen atoms in total. The molecule has 2 aromatic rings. The van der Waals surface area contributed by atoms with Crippen LogP contribution in [0.3, 0.4) is 0 Å². The minimum Gasteiger partial charge on any atom is -0.413 e. The van der Waals surface area contributed by atoms with Crippen LogP contribution in [0.2, 0.25) is 5.02 Å². The van der Waals surface area contributed by atoms with Crippen molar-refractivity contribution in [3.63, 3.8) is 0 Å². The second-order valence-electron chi connectivity index (χ2n) is 3.73. The maximum absolute atomic E-state index is 10.9. The summed E-state index contributed by atoms with van der Waals surface area (Å²) in [6.07, 6.45) is 0.626. The van der Waals surface area contributed by atoms with Gasteiger partial charge in [0, 0.05) is 23.6 Å². The van der Waals surface area contributed by atoms with E-state index in [0.29, 0.717) is 17.2 Å². The van der Waals surface area contributed by atoms with Gasteiger partial charge in [-0.05, 0) is 11.6 Å². The molecule has 2 rings (SSSR count). The number of hydrogen-bond acceptors (Lipinski definition) is 2. The Labute approximate surface area is 115 Å².